The molecule has 0 saturated heterocycles. The van der Waals surface area contributed by atoms with E-state index in [9.17, 15) is 26.7 Å². The van der Waals surface area contributed by atoms with E-state index in [1.165, 1.54) is 0 Å². The Kier molecular flexibility index (Phi) is 3.93. The van der Waals surface area contributed by atoms with Crippen molar-refractivity contribution >= 4 is 6.29 Å². The number of hydrogen-bond donors (Lipinski definition) is 0. The fourth-order valence-electron chi connectivity index (χ4n) is 1.63. The van der Waals surface area contributed by atoms with Crippen molar-refractivity contribution in [3.05, 3.63) is 59.2 Å². The first-order valence-corrected chi connectivity index (χ1v) is 5.60. The van der Waals surface area contributed by atoms with Crippen LogP contribution in [-0.4, -0.2) is 6.29 Å². The number of rotatable bonds is 3. The Morgan fingerprint density at radius 2 is 1.71 bits per heavy atom. The molecule has 0 spiro atoms. The highest BCUT2D eigenvalue weighted by Crippen LogP contribution is 2.35. The number of carbonyl (C=O) groups excluding carboxylic acids is 1. The zero-order valence-electron chi connectivity index (χ0n) is 10.2. The average molecular weight is 302 g/mol. The molecule has 0 aliphatic carbocycles. The molecule has 0 unspecified atom stereocenters. The summed E-state index contributed by atoms with van der Waals surface area (Å²) in [5.74, 6) is -2.64. The van der Waals surface area contributed by atoms with Crippen LogP contribution in [-0.2, 0) is 6.18 Å². The van der Waals surface area contributed by atoms with Gasteiger partial charge in [-0.1, -0.05) is 0 Å². The first kappa shape index (κ1) is 15.0. The van der Waals surface area contributed by atoms with Crippen LogP contribution in [0.4, 0.5) is 22.0 Å². The Hall–Kier alpha value is -2.44. The minimum Gasteiger partial charge on any atom is -0.454 e. The Morgan fingerprint density at radius 1 is 1.00 bits per heavy atom. The van der Waals surface area contributed by atoms with Crippen LogP contribution in [0.5, 0.6) is 11.5 Å². The summed E-state index contributed by atoms with van der Waals surface area (Å²) in [6.07, 6.45) is -4.69. The molecule has 2 nitrogen and oxygen atoms in total. The van der Waals surface area contributed by atoms with E-state index in [4.69, 9.17) is 4.74 Å². The number of carbonyl (C=O) groups is 1. The van der Waals surface area contributed by atoms with Gasteiger partial charge in [-0.05, 0) is 30.3 Å². The molecule has 7 heteroatoms. The predicted octanol–water partition coefficient (Wildman–Crippen LogP) is 4.59. The summed E-state index contributed by atoms with van der Waals surface area (Å²) in [5, 5.41) is 0. The molecule has 110 valence electrons. The lowest BCUT2D eigenvalue weighted by Gasteiger charge is -2.12. The van der Waals surface area contributed by atoms with Crippen LogP contribution >= 0.6 is 0 Å². The van der Waals surface area contributed by atoms with E-state index in [0.717, 1.165) is 24.3 Å². The van der Waals surface area contributed by atoms with Crippen molar-refractivity contribution in [2.75, 3.05) is 0 Å². The summed E-state index contributed by atoms with van der Waals surface area (Å²) < 4.78 is 69.3. The van der Waals surface area contributed by atoms with E-state index in [1.807, 2.05) is 0 Å². The largest absolute Gasteiger partial charge is 0.454 e. The predicted molar refractivity (Wildman–Crippen MR) is 63.3 cm³/mol. The highest BCUT2D eigenvalue weighted by atomic mass is 19.4. The van der Waals surface area contributed by atoms with Crippen LogP contribution in [0.25, 0.3) is 0 Å². The van der Waals surface area contributed by atoms with E-state index in [-0.39, 0.29) is 12.0 Å². The van der Waals surface area contributed by atoms with Crippen molar-refractivity contribution in [1.29, 1.82) is 0 Å². The topological polar surface area (TPSA) is 26.3 Å². The molecule has 0 radical (unpaired) electrons. The maximum atomic E-state index is 13.4. The van der Waals surface area contributed by atoms with Gasteiger partial charge in [0.05, 0.1) is 5.56 Å². The first-order chi connectivity index (χ1) is 9.81. The van der Waals surface area contributed by atoms with Crippen molar-refractivity contribution in [3.63, 3.8) is 0 Å². The van der Waals surface area contributed by atoms with E-state index < -0.39 is 34.7 Å². The van der Waals surface area contributed by atoms with E-state index >= 15 is 0 Å². The van der Waals surface area contributed by atoms with Crippen LogP contribution in [0.2, 0.25) is 0 Å². The van der Waals surface area contributed by atoms with Crippen molar-refractivity contribution in [2.24, 2.45) is 0 Å². The zero-order chi connectivity index (χ0) is 15.6. The smallest absolute Gasteiger partial charge is 0.417 e. The molecule has 0 aromatic heterocycles. The molecule has 0 aliphatic rings. The standard InChI is InChI=1S/C14H7F5O2/c15-9-2-4-13(12(16)5-9)21-10-3-1-8(7-20)11(6-10)14(17,18)19/h1-7H. The third-order valence-corrected chi connectivity index (χ3v) is 2.58. The van der Waals surface area contributed by atoms with Gasteiger partial charge in [-0.25, -0.2) is 8.78 Å². The SMILES string of the molecule is O=Cc1ccc(Oc2ccc(F)cc2F)cc1C(F)(F)F. The van der Waals surface area contributed by atoms with Gasteiger partial charge in [-0.3, -0.25) is 4.79 Å². The summed E-state index contributed by atoms with van der Waals surface area (Å²) in [6, 6.07) is 4.97. The molecule has 2 rings (SSSR count). The fourth-order valence-corrected chi connectivity index (χ4v) is 1.63. The summed E-state index contributed by atoms with van der Waals surface area (Å²) in [4.78, 5) is 10.6. The molecule has 0 amide bonds. The fraction of sp³-hybridized carbons (Fsp3) is 0.0714. The van der Waals surface area contributed by atoms with Gasteiger partial charge in [-0.15, -0.1) is 0 Å². The van der Waals surface area contributed by atoms with Crippen LogP contribution in [0.15, 0.2) is 36.4 Å². The molecule has 2 aromatic rings. The molecule has 0 aliphatic heterocycles. The monoisotopic (exact) mass is 302 g/mol. The van der Waals surface area contributed by atoms with Gasteiger partial charge in [0.25, 0.3) is 0 Å². The Morgan fingerprint density at radius 3 is 2.29 bits per heavy atom. The summed E-state index contributed by atoms with van der Waals surface area (Å²) in [7, 11) is 0. The average Bonchev–Trinajstić information content (AvgIpc) is 2.41. The lowest BCUT2D eigenvalue weighted by atomic mass is 10.1. The second kappa shape index (κ2) is 5.51. The van der Waals surface area contributed by atoms with Gasteiger partial charge in [0.1, 0.15) is 11.6 Å². The van der Waals surface area contributed by atoms with Gasteiger partial charge >= 0.3 is 6.18 Å². The van der Waals surface area contributed by atoms with Gasteiger partial charge in [0, 0.05) is 11.6 Å². The molecule has 0 fully saturated rings. The Bertz CT molecular complexity index is 680. The number of aldehydes is 1. The summed E-state index contributed by atoms with van der Waals surface area (Å²) >= 11 is 0. The van der Waals surface area contributed by atoms with E-state index in [0.29, 0.717) is 12.1 Å². The first-order valence-electron chi connectivity index (χ1n) is 5.60. The van der Waals surface area contributed by atoms with Crippen LogP contribution < -0.4 is 4.74 Å². The number of alkyl halides is 3. The lowest BCUT2D eigenvalue weighted by Crippen LogP contribution is -2.09. The highest BCUT2D eigenvalue weighted by molar-refractivity contribution is 5.78. The molecular weight excluding hydrogens is 295 g/mol. The van der Waals surface area contributed by atoms with Gasteiger partial charge in [0.15, 0.2) is 17.9 Å². The number of halogens is 5. The van der Waals surface area contributed by atoms with E-state index in [2.05, 4.69) is 0 Å². The summed E-state index contributed by atoms with van der Waals surface area (Å²) in [5.41, 5.74) is -1.76. The summed E-state index contributed by atoms with van der Waals surface area (Å²) in [6.45, 7) is 0. The molecule has 0 N–H and O–H groups in total. The molecule has 0 atom stereocenters. The zero-order valence-corrected chi connectivity index (χ0v) is 10.2. The third kappa shape index (κ3) is 3.36. The number of benzene rings is 2. The normalized spacial score (nSPS) is 11.3. The highest BCUT2D eigenvalue weighted by Gasteiger charge is 2.33. The molecule has 21 heavy (non-hydrogen) atoms. The minimum atomic E-state index is -4.75. The van der Waals surface area contributed by atoms with Crippen molar-refractivity contribution in [1.82, 2.24) is 0 Å². The Balaban J connectivity index is 2.39. The van der Waals surface area contributed by atoms with Gasteiger partial charge in [-0.2, -0.15) is 13.2 Å². The maximum Gasteiger partial charge on any atom is 0.417 e. The minimum absolute atomic E-state index is 0.0606. The quantitative estimate of drug-likeness (QED) is 0.612. The molecule has 0 saturated carbocycles. The second-order valence-corrected chi connectivity index (χ2v) is 4.04. The van der Waals surface area contributed by atoms with Crippen molar-refractivity contribution in [2.45, 2.75) is 6.18 Å². The maximum absolute atomic E-state index is 13.4. The van der Waals surface area contributed by atoms with E-state index in [1.54, 1.807) is 0 Å². The molecule has 0 bridgehead atoms. The van der Waals surface area contributed by atoms with Crippen molar-refractivity contribution < 1.29 is 31.5 Å². The third-order valence-electron chi connectivity index (χ3n) is 2.58. The molecule has 0 heterocycles. The van der Waals surface area contributed by atoms with Crippen LogP contribution in [0, 0.1) is 11.6 Å². The Labute approximate surface area is 115 Å². The molecular formula is C14H7F5O2. The molecule has 2 aromatic carbocycles. The van der Waals surface area contributed by atoms with Gasteiger partial charge in [0.2, 0.25) is 0 Å². The van der Waals surface area contributed by atoms with Crippen LogP contribution in [0.3, 0.4) is 0 Å². The number of ether oxygens (including phenoxy) is 1. The van der Waals surface area contributed by atoms with Crippen molar-refractivity contribution in [3.8, 4) is 11.5 Å². The lowest BCUT2D eigenvalue weighted by molar-refractivity contribution is -0.137. The van der Waals surface area contributed by atoms with Crippen LogP contribution in [0.1, 0.15) is 15.9 Å². The second-order valence-electron chi connectivity index (χ2n) is 4.04. The number of hydrogen-bond acceptors (Lipinski definition) is 2. The van der Waals surface area contributed by atoms with Gasteiger partial charge < -0.3 is 4.74 Å².